The maximum absolute atomic E-state index is 5.40. The molecule has 56 valence electrons. The van der Waals surface area contributed by atoms with E-state index < -0.39 is 0 Å². The number of rotatable bonds is 0. The summed E-state index contributed by atoms with van der Waals surface area (Å²) >= 11 is 0. The van der Waals surface area contributed by atoms with E-state index >= 15 is 0 Å². The van der Waals surface area contributed by atoms with Gasteiger partial charge in [-0.15, -0.1) is 0 Å². The van der Waals surface area contributed by atoms with Crippen molar-refractivity contribution in [3.63, 3.8) is 0 Å². The van der Waals surface area contributed by atoms with Gasteiger partial charge >= 0.3 is 0 Å². The summed E-state index contributed by atoms with van der Waals surface area (Å²) in [5, 5.41) is 0. The van der Waals surface area contributed by atoms with Gasteiger partial charge in [-0.2, -0.15) is 0 Å². The van der Waals surface area contributed by atoms with E-state index in [4.69, 9.17) is 9.47 Å². The summed E-state index contributed by atoms with van der Waals surface area (Å²) in [5.74, 6) is 5.20. The van der Waals surface area contributed by atoms with Crippen molar-refractivity contribution in [3.8, 4) is 0 Å². The lowest BCUT2D eigenvalue weighted by molar-refractivity contribution is 0.408. The van der Waals surface area contributed by atoms with Crippen LogP contribution in [0.3, 0.4) is 0 Å². The highest BCUT2D eigenvalue weighted by atomic mass is 16.6. The van der Waals surface area contributed by atoms with Crippen LogP contribution in [0.25, 0.3) is 0 Å². The van der Waals surface area contributed by atoms with Gasteiger partial charge in [0.1, 0.15) is 0 Å². The molecule has 2 heterocycles. The van der Waals surface area contributed by atoms with Gasteiger partial charge in [-0.05, 0) is 18.1 Å². The Morgan fingerprint density at radius 2 is 2.25 bits per heavy atom. The van der Waals surface area contributed by atoms with Gasteiger partial charge in [0.15, 0.2) is 23.0 Å². The van der Waals surface area contributed by atoms with Gasteiger partial charge in [0, 0.05) is 11.1 Å². The number of epoxide rings is 1. The molecule has 5 aliphatic rings. The van der Waals surface area contributed by atoms with Gasteiger partial charge in [-0.3, -0.25) is 0 Å². The monoisotopic (exact) mass is 156 g/mol. The normalized spacial score (nSPS) is 36.0. The number of hydrogen-bond donors (Lipinski definition) is 0. The summed E-state index contributed by atoms with van der Waals surface area (Å²) in [5.41, 5.74) is 4.25. The fraction of sp³-hybridized carbons (Fsp3) is 0.200. The van der Waals surface area contributed by atoms with Crippen molar-refractivity contribution < 1.29 is 9.47 Å². The van der Waals surface area contributed by atoms with Crippen molar-refractivity contribution in [1.29, 1.82) is 0 Å². The highest BCUT2D eigenvalue weighted by molar-refractivity contribution is 5.75. The Morgan fingerprint density at radius 3 is 3.25 bits per heavy atom. The standard InChI is InChI=1S/C10H4O2/c1-4-3-2-6-10(11-6)7(3)5(1)9-8(4)12-9/h2,5H,1H2. The summed E-state index contributed by atoms with van der Waals surface area (Å²) in [6, 6.07) is 0. The first-order valence-corrected chi connectivity index (χ1v) is 4.23. The maximum atomic E-state index is 5.40. The Bertz CT molecular complexity index is 500. The Labute approximate surface area is 68.5 Å². The molecule has 1 saturated heterocycles. The number of ether oxygens (including phenoxy) is 2. The topological polar surface area (TPSA) is 25.1 Å². The summed E-state index contributed by atoms with van der Waals surface area (Å²) in [4.78, 5) is 0. The van der Waals surface area contributed by atoms with Gasteiger partial charge in [-0.1, -0.05) is 0 Å². The Kier molecular flexibility index (Phi) is 0.377. The molecular formula is C10H4O2. The summed E-state index contributed by atoms with van der Waals surface area (Å²) in [7, 11) is 0. The average molecular weight is 156 g/mol. The second kappa shape index (κ2) is 0.993. The van der Waals surface area contributed by atoms with Crippen LogP contribution in [0, 0.1) is 5.92 Å². The van der Waals surface area contributed by atoms with Gasteiger partial charge < -0.3 is 9.47 Å². The molecule has 5 rings (SSSR count). The third-order valence-electron chi connectivity index (χ3n) is 3.27. The van der Waals surface area contributed by atoms with E-state index in [1.165, 1.54) is 34.7 Å². The molecule has 3 aliphatic carbocycles. The molecule has 0 N–H and O–H groups in total. The summed E-state index contributed by atoms with van der Waals surface area (Å²) in [6.07, 6.45) is 3.33. The highest BCUT2D eigenvalue weighted by Gasteiger charge is 2.57. The van der Waals surface area contributed by atoms with Crippen molar-refractivity contribution in [1.82, 2.24) is 0 Å². The van der Waals surface area contributed by atoms with E-state index in [0.717, 1.165) is 11.5 Å². The zero-order valence-electron chi connectivity index (χ0n) is 6.18. The van der Waals surface area contributed by atoms with E-state index in [2.05, 4.69) is 6.08 Å². The van der Waals surface area contributed by atoms with Crippen LogP contribution in [-0.2, 0) is 9.47 Å². The molecule has 0 saturated carbocycles. The van der Waals surface area contributed by atoms with Gasteiger partial charge in [0.05, 0.1) is 5.92 Å². The van der Waals surface area contributed by atoms with Crippen molar-refractivity contribution in [2.75, 3.05) is 0 Å². The van der Waals surface area contributed by atoms with Gasteiger partial charge in [-0.25, -0.2) is 0 Å². The fourth-order valence-electron chi connectivity index (χ4n) is 2.67. The van der Waals surface area contributed by atoms with E-state index in [0.29, 0.717) is 5.92 Å². The first-order chi connectivity index (χ1) is 5.93. The molecule has 2 heteroatoms. The summed E-state index contributed by atoms with van der Waals surface area (Å²) in [6.45, 7) is 0. The van der Waals surface area contributed by atoms with Gasteiger partial charge in [0.2, 0.25) is 0 Å². The van der Waals surface area contributed by atoms with Gasteiger partial charge in [0.25, 0.3) is 0 Å². The Hall–Kier alpha value is -1.44. The van der Waals surface area contributed by atoms with Crippen LogP contribution in [0.1, 0.15) is 6.42 Å². The van der Waals surface area contributed by atoms with Crippen molar-refractivity contribution >= 4 is 0 Å². The van der Waals surface area contributed by atoms with Crippen LogP contribution in [-0.4, -0.2) is 0 Å². The number of hydrogen-bond acceptors (Lipinski definition) is 2. The first kappa shape index (κ1) is 4.55. The highest BCUT2D eigenvalue weighted by Crippen LogP contribution is 2.65. The number of fused-ring (bicyclic) bond motifs is 7. The predicted molar refractivity (Wildman–Crippen MR) is 39.4 cm³/mol. The average Bonchev–Trinajstić information content (AvgIpc) is 2.92. The van der Waals surface area contributed by atoms with Crippen LogP contribution in [0.15, 0.2) is 45.8 Å². The second-order valence-corrected chi connectivity index (χ2v) is 3.80. The maximum Gasteiger partial charge on any atom is 0.174 e. The largest absolute Gasteiger partial charge is 0.453 e. The quantitative estimate of drug-likeness (QED) is 0.499. The smallest absolute Gasteiger partial charge is 0.174 e. The minimum atomic E-state index is 0.538. The molecule has 2 nitrogen and oxygen atoms in total. The molecule has 2 aliphatic heterocycles. The van der Waals surface area contributed by atoms with Crippen molar-refractivity contribution in [2.45, 2.75) is 6.42 Å². The van der Waals surface area contributed by atoms with E-state index in [-0.39, 0.29) is 0 Å². The molecule has 12 heavy (non-hydrogen) atoms. The van der Waals surface area contributed by atoms with E-state index in [1.807, 2.05) is 0 Å². The molecule has 0 aromatic carbocycles. The molecule has 1 unspecified atom stereocenters. The Morgan fingerprint density at radius 1 is 1.25 bits per heavy atom. The minimum absolute atomic E-state index is 0.538. The van der Waals surface area contributed by atoms with E-state index in [1.54, 1.807) is 0 Å². The molecule has 2 bridgehead atoms. The second-order valence-electron chi connectivity index (χ2n) is 3.80. The molecule has 0 amide bonds. The lowest BCUT2D eigenvalue weighted by Gasteiger charge is -2.03. The van der Waals surface area contributed by atoms with Crippen LogP contribution in [0.4, 0.5) is 0 Å². The number of allylic oxidation sites excluding steroid dienone is 4. The third kappa shape index (κ3) is 0.270. The van der Waals surface area contributed by atoms with Crippen LogP contribution >= 0.6 is 0 Å². The molecule has 0 spiro atoms. The molecule has 0 aromatic heterocycles. The zero-order chi connectivity index (χ0) is 7.45. The predicted octanol–water partition coefficient (Wildman–Crippen LogP) is 1.74. The van der Waals surface area contributed by atoms with Crippen LogP contribution < -0.4 is 0 Å². The summed E-state index contributed by atoms with van der Waals surface area (Å²) < 4.78 is 10.7. The Balaban J connectivity index is 1.99. The molecule has 1 atom stereocenters. The SMILES string of the molecule is C1=C2OC2=C2C1=C1CC2C2=C1O2. The molecule has 0 aromatic rings. The first-order valence-electron chi connectivity index (χ1n) is 4.23. The fourth-order valence-corrected chi connectivity index (χ4v) is 2.67. The zero-order valence-corrected chi connectivity index (χ0v) is 6.18. The van der Waals surface area contributed by atoms with E-state index in [9.17, 15) is 0 Å². The van der Waals surface area contributed by atoms with Crippen LogP contribution in [0.5, 0.6) is 0 Å². The lowest BCUT2D eigenvalue weighted by Crippen LogP contribution is -1.96. The third-order valence-corrected chi connectivity index (χ3v) is 3.27. The van der Waals surface area contributed by atoms with Crippen molar-refractivity contribution in [3.05, 3.63) is 45.8 Å². The molecule has 1 fully saturated rings. The lowest BCUT2D eigenvalue weighted by atomic mass is 9.99. The van der Waals surface area contributed by atoms with Crippen molar-refractivity contribution in [2.24, 2.45) is 5.92 Å². The minimum Gasteiger partial charge on any atom is -0.453 e. The van der Waals surface area contributed by atoms with Crippen LogP contribution in [0.2, 0.25) is 0 Å². The molecular weight excluding hydrogens is 152 g/mol. The molecule has 0 radical (unpaired) electrons.